The number of carbonyl (C=O) groups is 1. The highest BCUT2D eigenvalue weighted by Crippen LogP contribution is 2.28. The van der Waals surface area contributed by atoms with Gasteiger partial charge in [0.15, 0.2) is 5.13 Å². The number of nitrogens with zero attached hydrogens (tertiary/aromatic N) is 1. The number of anilines is 3. The third-order valence-electron chi connectivity index (χ3n) is 4.15. The van der Waals surface area contributed by atoms with Crippen LogP contribution in [-0.2, 0) is 0 Å². The van der Waals surface area contributed by atoms with E-state index >= 15 is 0 Å². The van der Waals surface area contributed by atoms with E-state index in [1.807, 2.05) is 42.5 Å². The van der Waals surface area contributed by atoms with E-state index < -0.39 is 0 Å². The number of urea groups is 1. The summed E-state index contributed by atoms with van der Waals surface area (Å²) in [6, 6.07) is 15.4. The van der Waals surface area contributed by atoms with Gasteiger partial charge < -0.3 is 16.0 Å². The van der Waals surface area contributed by atoms with E-state index in [-0.39, 0.29) is 6.03 Å². The van der Waals surface area contributed by atoms with Gasteiger partial charge in [0.1, 0.15) is 0 Å². The van der Waals surface area contributed by atoms with Crippen LogP contribution in [0, 0.1) is 5.92 Å². The Kier molecular flexibility index (Phi) is 4.96. The molecule has 0 spiro atoms. The number of aromatic nitrogens is 1. The molecule has 1 aliphatic heterocycles. The van der Waals surface area contributed by atoms with Crippen LogP contribution in [0.4, 0.5) is 21.3 Å². The summed E-state index contributed by atoms with van der Waals surface area (Å²) in [6.07, 6.45) is 0. The Labute approximate surface area is 155 Å². The van der Waals surface area contributed by atoms with Crippen molar-refractivity contribution in [3.8, 4) is 0 Å². The molecular formula is C18H20N6OS. The minimum absolute atomic E-state index is 0.191. The van der Waals surface area contributed by atoms with Crippen molar-refractivity contribution in [1.82, 2.24) is 21.2 Å². The average Bonchev–Trinajstić information content (AvgIpc) is 3.30. The molecule has 0 unspecified atom stereocenters. The Morgan fingerprint density at radius 1 is 1.08 bits per heavy atom. The summed E-state index contributed by atoms with van der Waals surface area (Å²) in [5.41, 5.74) is 8.76. The maximum atomic E-state index is 12.0. The fourth-order valence-corrected chi connectivity index (χ4v) is 3.63. The molecule has 4 rings (SSSR count). The van der Waals surface area contributed by atoms with Crippen molar-refractivity contribution in [1.29, 1.82) is 0 Å². The fourth-order valence-electron chi connectivity index (χ4n) is 2.75. The SMILES string of the molecule is O=C(NCC1CNNC1)Nc1ccc(Nc2nc3ccccc3s2)cc1. The Morgan fingerprint density at radius 3 is 2.58 bits per heavy atom. The number of para-hydroxylation sites is 1. The first-order valence-corrected chi connectivity index (χ1v) is 9.31. The molecule has 1 saturated heterocycles. The molecule has 0 bridgehead atoms. The van der Waals surface area contributed by atoms with Gasteiger partial charge in [0, 0.05) is 36.9 Å². The predicted octanol–water partition coefficient (Wildman–Crippen LogP) is 2.89. The number of hydrogen-bond acceptors (Lipinski definition) is 6. The largest absolute Gasteiger partial charge is 0.337 e. The van der Waals surface area contributed by atoms with Crippen LogP contribution in [-0.4, -0.2) is 30.6 Å². The van der Waals surface area contributed by atoms with E-state index in [0.717, 1.165) is 39.8 Å². The molecule has 0 saturated carbocycles. The van der Waals surface area contributed by atoms with Crippen LogP contribution in [0.2, 0.25) is 0 Å². The number of fused-ring (bicyclic) bond motifs is 1. The molecule has 8 heteroatoms. The molecule has 1 fully saturated rings. The molecule has 1 aromatic heterocycles. The molecule has 2 aromatic carbocycles. The highest BCUT2D eigenvalue weighted by molar-refractivity contribution is 7.22. The summed E-state index contributed by atoms with van der Waals surface area (Å²) in [5.74, 6) is 0.418. The van der Waals surface area contributed by atoms with E-state index in [0.29, 0.717) is 12.5 Å². The number of nitrogens with one attached hydrogen (secondary N) is 5. The zero-order valence-corrected chi connectivity index (χ0v) is 14.9. The predicted molar refractivity (Wildman–Crippen MR) is 106 cm³/mol. The number of thiazole rings is 1. The van der Waals surface area contributed by atoms with Crippen LogP contribution in [0.5, 0.6) is 0 Å². The number of hydrazine groups is 1. The lowest BCUT2D eigenvalue weighted by molar-refractivity contribution is 0.250. The van der Waals surface area contributed by atoms with Gasteiger partial charge in [0.25, 0.3) is 0 Å². The van der Waals surface area contributed by atoms with Gasteiger partial charge in [-0.3, -0.25) is 10.9 Å². The van der Waals surface area contributed by atoms with Gasteiger partial charge in [0.05, 0.1) is 10.2 Å². The van der Waals surface area contributed by atoms with Crippen molar-refractivity contribution in [2.24, 2.45) is 5.92 Å². The minimum Gasteiger partial charge on any atom is -0.337 e. The number of rotatable bonds is 5. The van der Waals surface area contributed by atoms with Gasteiger partial charge in [-0.05, 0) is 36.4 Å². The summed E-state index contributed by atoms with van der Waals surface area (Å²) >= 11 is 1.61. The second-order valence-electron chi connectivity index (χ2n) is 6.15. The Balaban J connectivity index is 1.31. The smallest absolute Gasteiger partial charge is 0.319 e. The Hall–Kier alpha value is -2.68. The van der Waals surface area contributed by atoms with E-state index in [4.69, 9.17) is 0 Å². The summed E-state index contributed by atoms with van der Waals surface area (Å²) in [4.78, 5) is 16.5. The van der Waals surface area contributed by atoms with Crippen LogP contribution in [0.25, 0.3) is 10.2 Å². The van der Waals surface area contributed by atoms with Gasteiger partial charge in [0.2, 0.25) is 0 Å². The summed E-state index contributed by atoms with van der Waals surface area (Å²) in [7, 11) is 0. The molecule has 0 radical (unpaired) electrons. The molecule has 134 valence electrons. The van der Waals surface area contributed by atoms with Crippen molar-refractivity contribution in [3.63, 3.8) is 0 Å². The molecule has 2 amide bonds. The molecule has 7 nitrogen and oxygen atoms in total. The number of amides is 2. The van der Waals surface area contributed by atoms with E-state index in [1.54, 1.807) is 11.3 Å². The summed E-state index contributed by atoms with van der Waals surface area (Å²) in [5, 5.41) is 9.89. The second-order valence-corrected chi connectivity index (χ2v) is 7.18. The molecule has 0 aliphatic carbocycles. The van der Waals surface area contributed by atoms with Crippen molar-refractivity contribution in [2.75, 3.05) is 30.3 Å². The minimum atomic E-state index is -0.191. The standard InChI is InChI=1S/C18H20N6OS/c25-17(19-9-12-10-20-21-11-12)22-13-5-7-14(8-6-13)23-18-24-15-3-1-2-4-16(15)26-18/h1-8,12,20-21H,9-11H2,(H,23,24)(H2,19,22,25). The van der Waals surface area contributed by atoms with Crippen LogP contribution in [0.1, 0.15) is 0 Å². The van der Waals surface area contributed by atoms with Crippen molar-refractivity contribution >= 4 is 44.1 Å². The number of hydrogen-bond donors (Lipinski definition) is 5. The first kappa shape index (κ1) is 16.8. The summed E-state index contributed by atoms with van der Waals surface area (Å²) < 4.78 is 1.15. The number of benzene rings is 2. The molecule has 1 aliphatic rings. The van der Waals surface area contributed by atoms with Crippen molar-refractivity contribution in [3.05, 3.63) is 48.5 Å². The third-order valence-corrected chi connectivity index (χ3v) is 5.10. The third kappa shape index (κ3) is 4.10. The maximum Gasteiger partial charge on any atom is 0.319 e. The van der Waals surface area contributed by atoms with E-state index in [2.05, 4.69) is 37.9 Å². The Bertz CT molecular complexity index is 855. The van der Waals surface area contributed by atoms with Gasteiger partial charge in [-0.15, -0.1) is 0 Å². The summed E-state index contributed by atoms with van der Waals surface area (Å²) in [6.45, 7) is 2.38. The first-order valence-electron chi connectivity index (χ1n) is 8.49. The van der Waals surface area contributed by atoms with Crippen LogP contribution < -0.4 is 26.8 Å². The lowest BCUT2D eigenvalue weighted by Gasteiger charge is -2.11. The topological polar surface area (TPSA) is 90.1 Å². The lowest BCUT2D eigenvalue weighted by Crippen LogP contribution is -2.34. The van der Waals surface area contributed by atoms with Crippen LogP contribution in [0.15, 0.2) is 48.5 Å². The molecule has 3 aromatic rings. The quantitative estimate of drug-likeness (QED) is 0.478. The van der Waals surface area contributed by atoms with Gasteiger partial charge in [-0.25, -0.2) is 9.78 Å². The molecule has 2 heterocycles. The average molecular weight is 368 g/mol. The monoisotopic (exact) mass is 368 g/mol. The lowest BCUT2D eigenvalue weighted by atomic mass is 10.2. The highest BCUT2D eigenvalue weighted by atomic mass is 32.1. The van der Waals surface area contributed by atoms with E-state index in [1.165, 1.54) is 0 Å². The highest BCUT2D eigenvalue weighted by Gasteiger charge is 2.14. The van der Waals surface area contributed by atoms with Gasteiger partial charge >= 0.3 is 6.03 Å². The Morgan fingerprint density at radius 2 is 1.81 bits per heavy atom. The van der Waals surface area contributed by atoms with Crippen molar-refractivity contribution < 1.29 is 4.79 Å². The zero-order chi connectivity index (χ0) is 17.8. The van der Waals surface area contributed by atoms with E-state index in [9.17, 15) is 4.79 Å². The molecule has 5 N–H and O–H groups in total. The first-order chi connectivity index (χ1) is 12.8. The second kappa shape index (κ2) is 7.69. The number of carbonyl (C=O) groups excluding carboxylic acids is 1. The normalized spacial score (nSPS) is 14.5. The van der Waals surface area contributed by atoms with Crippen molar-refractivity contribution in [2.45, 2.75) is 0 Å². The maximum absolute atomic E-state index is 12.0. The van der Waals surface area contributed by atoms with Crippen LogP contribution in [0.3, 0.4) is 0 Å². The molecule has 0 atom stereocenters. The van der Waals surface area contributed by atoms with Crippen LogP contribution >= 0.6 is 11.3 Å². The van der Waals surface area contributed by atoms with Gasteiger partial charge in [-0.2, -0.15) is 0 Å². The molecular weight excluding hydrogens is 348 g/mol. The molecule has 26 heavy (non-hydrogen) atoms. The van der Waals surface area contributed by atoms with Gasteiger partial charge in [-0.1, -0.05) is 23.5 Å². The zero-order valence-electron chi connectivity index (χ0n) is 14.1. The fraction of sp³-hybridized carbons (Fsp3) is 0.222.